The number of methoxy groups -OCH3 is 1. The highest BCUT2D eigenvalue weighted by Crippen LogP contribution is 2.31. The highest BCUT2D eigenvalue weighted by Gasteiger charge is 2.34. The Kier molecular flexibility index (Phi) is 6.50. The highest BCUT2D eigenvalue weighted by atomic mass is 32.2. The van der Waals surface area contributed by atoms with Crippen LogP contribution in [-0.2, 0) is 9.59 Å². The van der Waals surface area contributed by atoms with E-state index in [0.29, 0.717) is 23.9 Å². The minimum atomic E-state index is -0.392. The third kappa shape index (κ3) is 4.93. The third-order valence-corrected chi connectivity index (χ3v) is 6.12. The molecular weight excluding hydrogens is 440 g/mol. The number of urea groups is 1. The lowest BCUT2D eigenvalue weighted by Gasteiger charge is -2.19. The molecule has 2 aromatic carbocycles. The first kappa shape index (κ1) is 22.6. The van der Waals surface area contributed by atoms with Crippen LogP contribution in [0, 0.1) is 13.8 Å². The zero-order valence-electron chi connectivity index (χ0n) is 18.6. The molecule has 1 saturated heterocycles. The summed E-state index contributed by atoms with van der Waals surface area (Å²) in [7, 11) is 1.59. The first-order valence-corrected chi connectivity index (χ1v) is 11.4. The van der Waals surface area contributed by atoms with Crippen molar-refractivity contribution in [3.63, 3.8) is 0 Å². The molecule has 0 saturated carbocycles. The summed E-state index contributed by atoms with van der Waals surface area (Å²) >= 11 is 1.14. The number of nitrogens with one attached hydrogen (secondary N) is 1. The molecular formula is C24H24N4O4S. The maximum Gasteiger partial charge on any atom is 0.324 e. The van der Waals surface area contributed by atoms with Gasteiger partial charge in [-0.25, -0.2) is 9.79 Å². The van der Waals surface area contributed by atoms with Crippen molar-refractivity contribution in [3.8, 4) is 5.75 Å². The maximum atomic E-state index is 13.4. The standard InChI is InChI=1S/C24H24N4O4S/c1-15-10-16(2)12-18(11-15)28-22(30)20(13-17-4-6-19(32-3)7-5-17)26-24(28)33-14-21(29)27-9-8-25-23(27)31/h4-7,10-13H,8-9,14H2,1-3H3,(H,25,31)/b20-13-. The number of amidine groups is 1. The molecule has 2 aliphatic heterocycles. The number of aliphatic imine (C=N–C) groups is 1. The Morgan fingerprint density at radius 1 is 1.15 bits per heavy atom. The van der Waals surface area contributed by atoms with E-state index >= 15 is 0 Å². The monoisotopic (exact) mass is 464 g/mol. The predicted molar refractivity (Wildman–Crippen MR) is 129 cm³/mol. The smallest absolute Gasteiger partial charge is 0.324 e. The van der Waals surface area contributed by atoms with Gasteiger partial charge >= 0.3 is 6.03 Å². The average Bonchev–Trinajstić information content (AvgIpc) is 3.35. The van der Waals surface area contributed by atoms with Crippen molar-refractivity contribution < 1.29 is 19.1 Å². The van der Waals surface area contributed by atoms with Crippen LogP contribution in [0.2, 0.25) is 0 Å². The van der Waals surface area contributed by atoms with Crippen LogP contribution in [0.3, 0.4) is 0 Å². The molecule has 4 amide bonds. The fourth-order valence-corrected chi connectivity index (χ4v) is 4.56. The number of benzene rings is 2. The zero-order chi connectivity index (χ0) is 23.5. The molecule has 2 aromatic rings. The number of imide groups is 1. The van der Waals surface area contributed by atoms with E-state index in [1.807, 2.05) is 56.3 Å². The minimum Gasteiger partial charge on any atom is -0.497 e. The van der Waals surface area contributed by atoms with Gasteiger partial charge in [0.25, 0.3) is 5.91 Å². The van der Waals surface area contributed by atoms with E-state index in [2.05, 4.69) is 10.3 Å². The summed E-state index contributed by atoms with van der Waals surface area (Å²) in [6, 6.07) is 12.8. The molecule has 1 fully saturated rings. The summed E-state index contributed by atoms with van der Waals surface area (Å²) in [5.74, 6) is 0.121. The molecule has 8 nitrogen and oxygen atoms in total. The second kappa shape index (κ2) is 9.50. The Labute approximate surface area is 196 Å². The molecule has 0 aliphatic carbocycles. The maximum absolute atomic E-state index is 13.4. The van der Waals surface area contributed by atoms with Crippen LogP contribution in [0.25, 0.3) is 6.08 Å². The van der Waals surface area contributed by atoms with Crippen LogP contribution in [-0.4, -0.2) is 53.9 Å². The Bertz CT molecular complexity index is 1150. The van der Waals surface area contributed by atoms with Gasteiger partial charge in [0.05, 0.1) is 18.6 Å². The average molecular weight is 465 g/mol. The number of ether oxygens (including phenoxy) is 1. The van der Waals surface area contributed by atoms with Gasteiger partial charge in [-0.1, -0.05) is 30.0 Å². The Morgan fingerprint density at radius 3 is 2.45 bits per heavy atom. The van der Waals surface area contributed by atoms with Crippen molar-refractivity contribution in [2.75, 3.05) is 30.9 Å². The summed E-state index contributed by atoms with van der Waals surface area (Å²) in [6.07, 6.45) is 1.71. The Morgan fingerprint density at radius 2 is 1.85 bits per heavy atom. The second-order valence-electron chi connectivity index (χ2n) is 7.75. The van der Waals surface area contributed by atoms with E-state index in [1.54, 1.807) is 13.2 Å². The Balaban J connectivity index is 1.63. The van der Waals surface area contributed by atoms with Gasteiger partial charge in [0, 0.05) is 13.1 Å². The van der Waals surface area contributed by atoms with Gasteiger partial charge in [-0.2, -0.15) is 0 Å². The summed E-state index contributed by atoms with van der Waals surface area (Å²) in [5, 5.41) is 3.02. The van der Waals surface area contributed by atoms with Crippen LogP contribution < -0.4 is 15.0 Å². The van der Waals surface area contributed by atoms with E-state index in [-0.39, 0.29) is 23.3 Å². The summed E-state index contributed by atoms with van der Waals surface area (Å²) in [4.78, 5) is 45.0. The molecule has 0 atom stereocenters. The molecule has 9 heteroatoms. The van der Waals surface area contributed by atoms with Gasteiger partial charge in [0.15, 0.2) is 5.17 Å². The van der Waals surface area contributed by atoms with Crippen LogP contribution in [0.15, 0.2) is 53.2 Å². The van der Waals surface area contributed by atoms with E-state index in [4.69, 9.17) is 4.74 Å². The van der Waals surface area contributed by atoms with Crippen molar-refractivity contribution >= 4 is 46.5 Å². The van der Waals surface area contributed by atoms with E-state index in [1.165, 1.54) is 9.80 Å². The number of hydrogen-bond acceptors (Lipinski definition) is 6. The molecule has 33 heavy (non-hydrogen) atoms. The van der Waals surface area contributed by atoms with E-state index in [0.717, 1.165) is 34.2 Å². The van der Waals surface area contributed by atoms with Crippen LogP contribution in [0.4, 0.5) is 10.5 Å². The Hall–Kier alpha value is -3.59. The molecule has 2 heterocycles. The largest absolute Gasteiger partial charge is 0.497 e. The van der Waals surface area contributed by atoms with Gasteiger partial charge in [-0.15, -0.1) is 0 Å². The third-order valence-electron chi connectivity index (χ3n) is 5.20. The van der Waals surface area contributed by atoms with Gasteiger partial charge in [-0.3, -0.25) is 19.4 Å². The fraction of sp³-hybridized carbons (Fsp3) is 0.250. The second-order valence-corrected chi connectivity index (χ2v) is 8.69. The number of thioether (sulfide) groups is 1. The molecule has 1 N–H and O–H groups in total. The summed E-state index contributed by atoms with van der Waals surface area (Å²) in [6.45, 7) is 4.71. The number of hydrogen-bond donors (Lipinski definition) is 1. The topological polar surface area (TPSA) is 91.3 Å². The van der Waals surface area contributed by atoms with Crippen LogP contribution in [0.1, 0.15) is 16.7 Å². The number of anilines is 1. The summed E-state index contributed by atoms with van der Waals surface area (Å²) in [5.41, 5.74) is 3.79. The minimum absolute atomic E-state index is 0.00333. The highest BCUT2D eigenvalue weighted by molar-refractivity contribution is 8.14. The molecule has 4 rings (SSSR count). The fourth-order valence-electron chi connectivity index (χ4n) is 3.67. The van der Waals surface area contributed by atoms with E-state index < -0.39 is 6.03 Å². The molecule has 0 spiro atoms. The predicted octanol–water partition coefficient (Wildman–Crippen LogP) is 3.34. The van der Waals surface area contributed by atoms with Gasteiger partial charge in [-0.05, 0) is 60.9 Å². The molecule has 0 radical (unpaired) electrons. The van der Waals surface area contributed by atoms with Crippen molar-refractivity contribution in [2.24, 2.45) is 4.99 Å². The lowest BCUT2D eigenvalue weighted by molar-refractivity contribution is -0.124. The van der Waals surface area contributed by atoms with Gasteiger partial charge < -0.3 is 10.1 Å². The number of rotatable bonds is 5. The van der Waals surface area contributed by atoms with Crippen LogP contribution in [0.5, 0.6) is 5.75 Å². The molecule has 170 valence electrons. The normalized spacial score (nSPS) is 16.9. The first-order chi connectivity index (χ1) is 15.9. The lowest BCUT2D eigenvalue weighted by atomic mass is 10.1. The number of carbonyl (C=O) groups is 3. The van der Waals surface area contributed by atoms with Crippen molar-refractivity contribution in [2.45, 2.75) is 13.8 Å². The van der Waals surface area contributed by atoms with E-state index in [9.17, 15) is 14.4 Å². The van der Waals surface area contributed by atoms with Crippen molar-refractivity contribution in [1.29, 1.82) is 0 Å². The quantitative estimate of drug-likeness (QED) is 0.686. The lowest BCUT2D eigenvalue weighted by Crippen LogP contribution is -2.37. The van der Waals surface area contributed by atoms with Gasteiger partial charge in [0.2, 0.25) is 5.91 Å². The van der Waals surface area contributed by atoms with Crippen molar-refractivity contribution in [3.05, 3.63) is 64.9 Å². The molecule has 2 aliphatic rings. The van der Waals surface area contributed by atoms with Crippen LogP contribution >= 0.6 is 11.8 Å². The molecule has 0 bridgehead atoms. The molecule has 0 aromatic heterocycles. The first-order valence-electron chi connectivity index (χ1n) is 10.4. The molecule has 0 unspecified atom stereocenters. The van der Waals surface area contributed by atoms with Gasteiger partial charge in [0.1, 0.15) is 11.4 Å². The van der Waals surface area contributed by atoms with Crippen molar-refractivity contribution in [1.82, 2.24) is 10.2 Å². The zero-order valence-corrected chi connectivity index (χ0v) is 19.4. The SMILES string of the molecule is COc1ccc(/C=C2\N=C(SCC(=O)N3CCNC3=O)N(c3cc(C)cc(C)c3)C2=O)cc1. The summed E-state index contributed by atoms with van der Waals surface area (Å²) < 4.78 is 5.19. The number of carbonyl (C=O) groups excluding carboxylic acids is 3. The number of amides is 4. The number of aryl methyl sites for hydroxylation is 2. The number of nitrogens with zero attached hydrogens (tertiary/aromatic N) is 3.